The third-order valence-corrected chi connectivity index (χ3v) is 3.67. The Kier molecular flexibility index (Phi) is 2.39. The first-order valence-corrected chi connectivity index (χ1v) is 5.65. The van der Waals surface area contributed by atoms with E-state index in [4.69, 9.17) is 0 Å². The van der Waals surface area contributed by atoms with Crippen LogP contribution in [0.15, 0.2) is 0 Å². The van der Waals surface area contributed by atoms with Crippen LogP contribution in [-0.4, -0.2) is 9.78 Å². The van der Waals surface area contributed by atoms with Crippen molar-refractivity contribution in [2.75, 3.05) is 0 Å². The van der Waals surface area contributed by atoms with Crippen molar-refractivity contribution < 1.29 is 0 Å². The highest BCUT2D eigenvalue weighted by atomic mass is 127. The molecule has 1 aliphatic heterocycles. The van der Waals surface area contributed by atoms with Crippen LogP contribution in [0.25, 0.3) is 0 Å². The summed E-state index contributed by atoms with van der Waals surface area (Å²) in [5.74, 6) is 0. The second kappa shape index (κ2) is 3.36. The highest BCUT2D eigenvalue weighted by molar-refractivity contribution is 14.1. The van der Waals surface area contributed by atoms with Crippen molar-refractivity contribution in [3.05, 3.63) is 15.0 Å². The minimum Gasteiger partial charge on any atom is -0.268 e. The molecule has 1 aromatic rings. The van der Waals surface area contributed by atoms with E-state index in [2.05, 4.69) is 39.3 Å². The van der Waals surface area contributed by atoms with Crippen LogP contribution >= 0.6 is 22.6 Å². The Bertz CT molecular complexity index is 291. The molecule has 12 heavy (non-hydrogen) atoms. The number of aromatic nitrogens is 2. The molecule has 2 nitrogen and oxygen atoms in total. The fourth-order valence-electron chi connectivity index (χ4n) is 1.73. The van der Waals surface area contributed by atoms with E-state index in [1.807, 2.05) is 0 Å². The van der Waals surface area contributed by atoms with Crippen molar-refractivity contribution in [1.82, 2.24) is 9.78 Å². The Hall–Kier alpha value is -0.0600. The van der Waals surface area contributed by atoms with E-state index in [-0.39, 0.29) is 0 Å². The number of aryl methyl sites for hydroxylation is 2. The summed E-state index contributed by atoms with van der Waals surface area (Å²) in [6.45, 7) is 3.31. The summed E-state index contributed by atoms with van der Waals surface area (Å²) in [7, 11) is 0. The number of hydrogen-bond donors (Lipinski definition) is 0. The fraction of sp³-hybridized carbons (Fsp3) is 0.667. The Balaban J connectivity index is 2.44. The number of fused-ring (bicyclic) bond motifs is 1. The summed E-state index contributed by atoms with van der Waals surface area (Å²) in [5.41, 5.74) is 2.76. The summed E-state index contributed by atoms with van der Waals surface area (Å²) in [6.07, 6.45) is 4.93. The standard InChI is InChI=1S/C9H13IN2/c1-2-7-9(10)8-5-3-4-6-12(8)11-7/h2-6H2,1H3. The van der Waals surface area contributed by atoms with Crippen LogP contribution in [0.2, 0.25) is 0 Å². The maximum atomic E-state index is 4.58. The third-order valence-electron chi connectivity index (χ3n) is 2.43. The van der Waals surface area contributed by atoms with Crippen molar-refractivity contribution in [3.63, 3.8) is 0 Å². The first kappa shape index (κ1) is 8.53. The van der Waals surface area contributed by atoms with Crippen LogP contribution in [0, 0.1) is 3.57 Å². The number of halogens is 1. The van der Waals surface area contributed by atoms with Crippen molar-refractivity contribution in [2.45, 2.75) is 39.2 Å². The van der Waals surface area contributed by atoms with Crippen molar-refractivity contribution in [3.8, 4) is 0 Å². The Morgan fingerprint density at radius 3 is 3.00 bits per heavy atom. The highest BCUT2D eigenvalue weighted by Gasteiger charge is 2.16. The Morgan fingerprint density at radius 1 is 1.50 bits per heavy atom. The number of nitrogens with zero attached hydrogens (tertiary/aromatic N) is 2. The van der Waals surface area contributed by atoms with E-state index in [0.717, 1.165) is 13.0 Å². The molecular formula is C9H13IN2. The van der Waals surface area contributed by atoms with Crippen LogP contribution in [0.4, 0.5) is 0 Å². The van der Waals surface area contributed by atoms with Gasteiger partial charge in [0.25, 0.3) is 0 Å². The Labute approximate surface area is 86.5 Å². The molecule has 0 spiro atoms. The maximum Gasteiger partial charge on any atom is 0.0758 e. The van der Waals surface area contributed by atoms with Gasteiger partial charge in [-0.3, -0.25) is 4.68 Å². The summed E-state index contributed by atoms with van der Waals surface area (Å²) >= 11 is 2.44. The fourth-order valence-corrected chi connectivity index (χ4v) is 2.77. The smallest absolute Gasteiger partial charge is 0.0758 e. The number of rotatable bonds is 1. The molecule has 0 amide bonds. The number of hydrogen-bond acceptors (Lipinski definition) is 1. The van der Waals surface area contributed by atoms with Crippen molar-refractivity contribution in [2.24, 2.45) is 0 Å². The molecule has 3 heteroatoms. The zero-order valence-electron chi connectivity index (χ0n) is 7.31. The van der Waals surface area contributed by atoms with Gasteiger partial charge in [-0.15, -0.1) is 0 Å². The highest BCUT2D eigenvalue weighted by Crippen LogP contribution is 2.23. The SMILES string of the molecule is CCc1nn2c(c1I)CCCC2. The zero-order valence-corrected chi connectivity index (χ0v) is 9.47. The molecular weight excluding hydrogens is 263 g/mol. The molecule has 0 aromatic carbocycles. The lowest BCUT2D eigenvalue weighted by Gasteiger charge is -2.12. The maximum absolute atomic E-state index is 4.58. The normalized spacial score (nSPS) is 16.2. The molecule has 2 rings (SSSR count). The minimum absolute atomic E-state index is 1.07. The van der Waals surface area contributed by atoms with Crippen LogP contribution in [0.1, 0.15) is 31.2 Å². The van der Waals surface area contributed by atoms with E-state index in [9.17, 15) is 0 Å². The van der Waals surface area contributed by atoms with E-state index >= 15 is 0 Å². The van der Waals surface area contributed by atoms with Gasteiger partial charge in [0, 0.05) is 6.54 Å². The first-order chi connectivity index (χ1) is 5.83. The lowest BCUT2D eigenvalue weighted by Crippen LogP contribution is -2.11. The molecule has 0 bridgehead atoms. The molecule has 0 aliphatic carbocycles. The van der Waals surface area contributed by atoms with Gasteiger partial charge in [0.15, 0.2) is 0 Å². The van der Waals surface area contributed by atoms with Gasteiger partial charge in [0.2, 0.25) is 0 Å². The third kappa shape index (κ3) is 1.28. The summed E-state index contributed by atoms with van der Waals surface area (Å²) in [5, 5.41) is 4.58. The topological polar surface area (TPSA) is 17.8 Å². The summed E-state index contributed by atoms with van der Waals surface area (Å²) < 4.78 is 3.61. The summed E-state index contributed by atoms with van der Waals surface area (Å²) in [4.78, 5) is 0. The molecule has 1 aliphatic rings. The molecule has 0 saturated heterocycles. The van der Waals surface area contributed by atoms with Gasteiger partial charge >= 0.3 is 0 Å². The van der Waals surface area contributed by atoms with Crippen LogP contribution in [-0.2, 0) is 19.4 Å². The molecule has 0 saturated carbocycles. The largest absolute Gasteiger partial charge is 0.268 e. The Morgan fingerprint density at radius 2 is 2.33 bits per heavy atom. The van der Waals surface area contributed by atoms with Crippen molar-refractivity contribution >= 4 is 22.6 Å². The molecule has 66 valence electrons. The molecule has 0 radical (unpaired) electrons. The van der Waals surface area contributed by atoms with Crippen LogP contribution in [0.3, 0.4) is 0 Å². The average molecular weight is 276 g/mol. The molecule has 2 heterocycles. The van der Waals surface area contributed by atoms with E-state index in [1.165, 1.54) is 34.2 Å². The van der Waals surface area contributed by atoms with Gasteiger partial charge in [-0.05, 0) is 48.3 Å². The molecule has 1 aromatic heterocycles. The molecule has 0 N–H and O–H groups in total. The van der Waals surface area contributed by atoms with E-state index < -0.39 is 0 Å². The average Bonchev–Trinajstić information content (AvgIpc) is 2.44. The lowest BCUT2D eigenvalue weighted by atomic mass is 10.1. The van der Waals surface area contributed by atoms with E-state index in [0.29, 0.717) is 0 Å². The van der Waals surface area contributed by atoms with E-state index in [1.54, 1.807) is 0 Å². The van der Waals surface area contributed by atoms with Crippen molar-refractivity contribution in [1.29, 1.82) is 0 Å². The first-order valence-electron chi connectivity index (χ1n) is 4.57. The molecule has 0 unspecified atom stereocenters. The predicted molar refractivity (Wildman–Crippen MR) is 57.3 cm³/mol. The van der Waals surface area contributed by atoms with Gasteiger partial charge in [-0.1, -0.05) is 6.92 Å². The lowest BCUT2D eigenvalue weighted by molar-refractivity contribution is 0.483. The zero-order chi connectivity index (χ0) is 8.55. The van der Waals surface area contributed by atoms with Gasteiger partial charge in [0.05, 0.1) is 15.0 Å². The van der Waals surface area contributed by atoms with Crippen LogP contribution < -0.4 is 0 Å². The quantitative estimate of drug-likeness (QED) is 0.720. The van der Waals surface area contributed by atoms with Crippen LogP contribution in [0.5, 0.6) is 0 Å². The monoisotopic (exact) mass is 276 g/mol. The van der Waals surface area contributed by atoms with Gasteiger partial charge in [-0.25, -0.2) is 0 Å². The van der Waals surface area contributed by atoms with Gasteiger partial charge < -0.3 is 0 Å². The minimum atomic E-state index is 1.07. The second-order valence-electron chi connectivity index (χ2n) is 3.24. The predicted octanol–water partition coefficient (Wildman–Crippen LogP) is 2.39. The molecule has 0 atom stereocenters. The van der Waals surface area contributed by atoms with Gasteiger partial charge in [-0.2, -0.15) is 5.10 Å². The molecule has 0 fully saturated rings. The second-order valence-corrected chi connectivity index (χ2v) is 4.32. The van der Waals surface area contributed by atoms with Gasteiger partial charge in [0.1, 0.15) is 0 Å². The summed E-state index contributed by atoms with van der Waals surface area (Å²) in [6, 6.07) is 0.